The van der Waals surface area contributed by atoms with Gasteiger partial charge in [0.25, 0.3) is 0 Å². The summed E-state index contributed by atoms with van der Waals surface area (Å²) in [5, 5.41) is 0. The first-order valence-corrected chi connectivity index (χ1v) is 9.79. The fourth-order valence-electron chi connectivity index (χ4n) is 3.31. The number of benzene rings is 1. The minimum Gasteiger partial charge on any atom is -0.374 e. The van der Waals surface area contributed by atoms with Gasteiger partial charge in [0.1, 0.15) is 5.82 Å². The van der Waals surface area contributed by atoms with Crippen LogP contribution in [0, 0.1) is 11.7 Å². The van der Waals surface area contributed by atoms with Gasteiger partial charge in [0.05, 0.1) is 24.9 Å². The van der Waals surface area contributed by atoms with Crippen molar-refractivity contribution in [3.63, 3.8) is 0 Å². The quantitative estimate of drug-likeness (QED) is 0.805. The largest absolute Gasteiger partial charge is 0.374 e. The van der Waals surface area contributed by atoms with Crippen molar-refractivity contribution in [1.29, 1.82) is 0 Å². The Balaban J connectivity index is 1.72. The third-order valence-electron chi connectivity index (χ3n) is 4.58. The Morgan fingerprint density at radius 2 is 2.12 bits per heavy atom. The molecule has 2 atom stereocenters. The highest BCUT2D eigenvalue weighted by atomic mass is 32.2. The highest BCUT2D eigenvalue weighted by Crippen LogP contribution is 2.27. The molecule has 0 N–H and O–H groups in total. The summed E-state index contributed by atoms with van der Waals surface area (Å²) in [5.41, 5.74) is 0.732. The van der Waals surface area contributed by atoms with Crippen LogP contribution in [0.4, 0.5) is 4.39 Å². The van der Waals surface area contributed by atoms with Gasteiger partial charge in [-0.15, -0.1) is 0 Å². The van der Waals surface area contributed by atoms with Crippen molar-refractivity contribution >= 4 is 15.9 Å². The molecule has 1 aromatic carbocycles. The molecule has 8 heteroatoms. The van der Waals surface area contributed by atoms with Crippen LogP contribution in [0.2, 0.25) is 0 Å². The zero-order valence-corrected chi connectivity index (χ0v) is 14.3. The lowest BCUT2D eigenvalue weighted by Crippen LogP contribution is -2.50. The third-order valence-corrected chi connectivity index (χ3v) is 5.85. The van der Waals surface area contributed by atoms with E-state index in [1.54, 1.807) is 17.0 Å². The Labute approximate surface area is 141 Å². The van der Waals surface area contributed by atoms with Gasteiger partial charge in [0.15, 0.2) is 0 Å². The summed E-state index contributed by atoms with van der Waals surface area (Å²) >= 11 is 0. The Morgan fingerprint density at radius 1 is 1.33 bits per heavy atom. The number of carbonyl (C=O) groups excluding carboxylic acids is 1. The predicted octanol–water partition coefficient (Wildman–Crippen LogP) is 0.835. The molecule has 1 aromatic rings. The second-order valence-corrected chi connectivity index (χ2v) is 8.30. The maximum absolute atomic E-state index is 13.3. The fraction of sp³-hybridized carbons (Fsp3) is 0.562. The summed E-state index contributed by atoms with van der Waals surface area (Å²) in [4.78, 5) is 14.5. The van der Waals surface area contributed by atoms with Crippen LogP contribution in [0.15, 0.2) is 24.3 Å². The first kappa shape index (κ1) is 17.3. The van der Waals surface area contributed by atoms with Gasteiger partial charge in [-0.1, -0.05) is 12.1 Å². The number of carbonyl (C=O) groups is 1. The summed E-state index contributed by atoms with van der Waals surface area (Å²) in [6.45, 7) is 1.63. The lowest BCUT2D eigenvalue weighted by molar-refractivity contribution is -0.138. The van der Waals surface area contributed by atoms with E-state index in [-0.39, 0.29) is 24.2 Å². The zero-order valence-electron chi connectivity index (χ0n) is 13.5. The summed E-state index contributed by atoms with van der Waals surface area (Å²) in [7, 11) is -3.29. The molecule has 24 heavy (non-hydrogen) atoms. The van der Waals surface area contributed by atoms with E-state index in [9.17, 15) is 17.6 Å². The molecule has 2 fully saturated rings. The fourth-order valence-corrected chi connectivity index (χ4v) is 4.17. The summed E-state index contributed by atoms with van der Waals surface area (Å²) in [6.07, 6.45) is 1.19. The maximum Gasteiger partial charge on any atom is 0.228 e. The molecule has 0 spiro atoms. The van der Waals surface area contributed by atoms with Crippen LogP contribution in [0.1, 0.15) is 12.0 Å². The number of ether oxygens (including phenoxy) is 1. The molecule has 2 aliphatic rings. The SMILES string of the molecule is CS(=O)(=O)N1CC[C@@H]2C(=O)N(Cc3cccc(F)c3)CCO[C@@H]2C1. The lowest BCUT2D eigenvalue weighted by atomic mass is 9.93. The first-order valence-electron chi connectivity index (χ1n) is 7.94. The minimum absolute atomic E-state index is 0.0464. The molecule has 0 unspecified atom stereocenters. The predicted molar refractivity (Wildman–Crippen MR) is 86.1 cm³/mol. The number of rotatable bonds is 3. The molecule has 3 rings (SSSR count). The van der Waals surface area contributed by atoms with Crippen LogP contribution in [0.25, 0.3) is 0 Å². The number of halogens is 1. The van der Waals surface area contributed by atoms with E-state index in [2.05, 4.69) is 0 Å². The van der Waals surface area contributed by atoms with E-state index in [4.69, 9.17) is 4.74 Å². The van der Waals surface area contributed by atoms with E-state index < -0.39 is 16.1 Å². The van der Waals surface area contributed by atoms with Crippen molar-refractivity contribution in [3.05, 3.63) is 35.6 Å². The van der Waals surface area contributed by atoms with Gasteiger partial charge < -0.3 is 9.64 Å². The van der Waals surface area contributed by atoms with Crippen LogP contribution < -0.4 is 0 Å². The zero-order chi connectivity index (χ0) is 17.3. The van der Waals surface area contributed by atoms with E-state index >= 15 is 0 Å². The molecule has 0 aliphatic carbocycles. The molecular formula is C16H21FN2O4S. The standard InChI is InChI=1S/C16H21FN2O4S/c1-24(21,22)19-6-5-14-15(11-19)23-8-7-18(16(14)20)10-12-3-2-4-13(17)9-12/h2-4,9,14-15H,5-8,10-11H2,1H3/t14-,15+/m0/s1. The van der Waals surface area contributed by atoms with Crippen molar-refractivity contribution < 1.29 is 22.3 Å². The smallest absolute Gasteiger partial charge is 0.228 e. The van der Waals surface area contributed by atoms with Crippen molar-refractivity contribution in [3.8, 4) is 0 Å². The van der Waals surface area contributed by atoms with E-state index in [0.717, 1.165) is 5.56 Å². The second-order valence-electron chi connectivity index (χ2n) is 6.32. The molecule has 0 radical (unpaired) electrons. The third kappa shape index (κ3) is 3.76. The highest BCUT2D eigenvalue weighted by Gasteiger charge is 2.41. The Kier molecular flexibility index (Phi) is 4.89. The summed E-state index contributed by atoms with van der Waals surface area (Å²) in [6, 6.07) is 6.19. The van der Waals surface area contributed by atoms with Gasteiger partial charge in [-0.05, 0) is 24.1 Å². The normalized spacial score (nSPS) is 26.1. The van der Waals surface area contributed by atoms with Gasteiger partial charge in [0.2, 0.25) is 15.9 Å². The monoisotopic (exact) mass is 356 g/mol. The summed E-state index contributed by atoms with van der Waals surface area (Å²) in [5.74, 6) is -0.723. The van der Waals surface area contributed by atoms with Gasteiger partial charge in [-0.2, -0.15) is 4.31 Å². The number of fused-ring (bicyclic) bond motifs is 1. The number of hydrogen-bond donors (Lipinski definition) is 0. The van der Waals surface area contributed by atoms with Crippen LogP contribution >= 0.6 is 0 Å². The van der Waals surface area contributed by atoms with Crippen molar-refractivity contribution in [2.75, 3.05) is 32.5 Å². The average Bonchev–Trinajstić information content (AvgIpc) is 2.66. The van der Waals surface area contributed by atoms with E-state index in [1.807, 2.05) is 0 Å². The number of hydrogen-bond acceptors (Lipinski definition) is 4. The van der Waals surface area contributed by atoms with Crippen molar-refractivity contribution in [1.82, 2.24) is 9.21 Å². The number of nitrogens with zero attached hydrogens (tertiary/aromatic N) is 2. The average molecular weight is 356 g/mol. The molecule has 0 aromatic heterocycles. The highest BCUT2D eigenvalue weighted by molar-refractivity contribution is 7.88. The van der Waals surface area contributed by atoms with E-state index in [1.165, 1.54) is 22.7 Å². The number of sulfonamides is 1. The molecular weight excluding hydrogens is 335 g/mol. The van der Waals surface area contributed by atoms with Crippen LogP contribution in [0.5, 0.6) is 0 Å². The second kappa shape index (κ2) is 6.78. The van der Waals surface area contributed by atoms with Crippen molar-refractivity contribution in [2.24, 2.45) is 5.92 Å². The molecule has 2 aliphatic heterocycles. The Morgan fingerprint density at radius 3 is 2.83 bits per heavy atom. The first-order chi connectivity index (χ1) is 11.3. The number of piperidine rings is 1. The maximum atomic E-state index is 13.3. The molecule has 2 heterocycles. The van der Waals surface area contributed by atoms with Gasteiger partial charge in [0, 0.05) is 26.2 Å². The number of amides is 1. The summed E-state index contributed by atoms with van der Waals surface area (Å²) < 4.78 is 43.9. The van der Waals surface area contributed by atoms with Crippen LogP contribution in [-0.4, -0.2) is 62.1 Å². The topological polar surface area (TPSA) is 66.9 Å². The Hall–Kier alpha value is -1.51. The molecule has 0 saturated carbocycles. The lowest BCUT2D eigenvalue weighted by Gasteiger charge is -2.35. The van der Waals surface area contributed by atoms with Crippen LogP contribution in [0.3, 0.4) is 0 Å². The Bertz CT molecular complexity index is 725. The van der Waals surface area contributed by atoms with Crippen LogP contribution in [-0.2, 0) is 26.1 Å². The molecule has 1 amide bonds. The molecule has 6 nitrogen and oxygen atoms in total. The van der Waals surface area contributed by atoms with Gasteiger partial charge in [-0.3, -0.25) is 4.79 Å². The van der Waals surface area contributed by atoms with Gasteiger partial charge in [-0.25, -0.2) is 12.8 Å². The molecule has 132 valence electrons. The molecule has 0 bridgehead atoms. The van der Waals surface area contributed by atoms with Crippen molar-refractivity contribution in [2.45, 2.75) is 19.1 Å². The van der Waals surface area contributed by atoms with E-state index in [0.29, 0.717) is 32.7 Å². The van der Waals surface area contributed by atoms with Gasteiger partial charge >= 0.3 is 0 Å². The molecule has 2 saturated heterocycles. The minimum atomic E-state index is -3.29.